The molecule has 0 atom stereocenters. The van der Waals surface area contributed by atoms with E-state index in [-0.39, 0.29) is 0 Å². The Balaban J connectivity index is 1.21. The molecule has 1 aliphatic rings. The fourth-order valence-electron chi connectivity index (χ4n) is 4.28. The molecule has 0 radical (unpaired) electrons. The van der Waals surface area contributed by atoms with Gasteiger partial charge in [-0.1, -0.05) is 12.1 Å². The third-order valence-electron chi connectivity index (χ3n) is 6.12. The van der Waals surface area contributed by atoms with Crippen molar-refractivity contribution in [3.8, 4) is 11.3 Å². The van der Waals surface area contributed by atoms with Gasteiger partial charge < -0.3 is 16.4 Å². The second-order valence-electron chi connectivity index (χ2n) is 8.55. The summed E-state index contributed by atoms with van der Waals surface area (Å²) in [5, 5.41) is 11.4. The van der Waals surface area contributed by atoms with Crippen molar-refractivity contribution in [1.29, 1.82) is 0 Å². The lowest BCUT2D eigenvalue weighted by molar-refractivity contribution is 0.410. The SMILES string of the molecule is NC1CCC(Nc2ccc3ncc(-c4cnc(Nc5cnc6ccccc6n5)nc4)n3n2)CC1. The predicted molar refractivity (Wildman–Crippen MR) is 131 cm³/mol. The molecule has 34 heavy (non-hydrogen) atoms. The van der Waals surface area contributed by atoms with E-state index in [0.717, 1.165) is 59.4 Å². The van der Waals surface area contributed by atoms with Crippen LogP contribution in [0.3, 0.4) is 0 Å². The second kappa shape index (κ2) is 8.64. The molecule has 1 aliphatic carbocycles. The molecule has 0 saturated heterocycles. The van der Waals surface area contributed by atoms with Crippen LogP contribution in [-0.4, -0.2) is 46.6 Å². The van der Waals surface area contributed by atoms with Crippen LogP contribution >= 0.6 is 0 Å². The highest BCUT2D eigenvalue weighted by Gasteiger charge is 2.19. The molecule has 6 rings (SSSR count). The van der Waals surface area contributed by atoms with Gasteiger partial charge in [0.2, 0.25) is 5.95 Å². The number of benzene rings is 1. The van der Waals surface area contributed by atoms with Crippen LogP contribution in [0.15, 0.2) is 61.2 Å². The third kappa shape index (κ3) is 4.11. The van der Waals surface area contributed by atoms with Crippen LogP contribution in [0.4, 0.5) is 17.6 Å². The molecule has 4 N–H and O–H groups in total. The van der Waals surface area contributed by atoms with Crippen LogP contribution in [-0.2, 0) is 0 Å². The summed E-state index contributed by atoms with van der Waals surface area (Å²) in [5.41, 5.74) is 10.1. The Morgan fingerprint density at radius 2 is 1.59 bits per heavy atom. The minimum atomic E-state index is 0.319. The van der Waals surface area contributed by atoms with Crippen molar-refractivity contribution >= 4 is 34.3 Å². The Kier molecular flexibility index (Phi) is 5.19. The zero-order chi connectivity index (χ0) is 22.9. The monoisotopic (exact) mass is 452 g/mol. The molecule has 10 heteroatoms. The van der Waals surface area contributed by atoms with E-state index >= 15 is 0 Å². The number of para-hydroxylation sites is 2. The van der Waals surface area contributed by atoms with Crippen LogP contribution in [0.1, 0.15) is 25.7 Å². The number of nitrogens with zero attached hydrogens (tertiary/aromatic N) is 7. The van der Waals surface area contributed by atoms with Crippen LogP contribution in [0.25, 0.3) is 27.9 Å². The number of aromatic nitrogens is 7. The Hall–Kier alpha value is -4.18. The average Bonchev–Trinajstić information content (AvgIpc) is 3.29. The first-order chi connectivity index (χ1) is 16.7. The maximum Gasteiger partial charge on any atom is 0.228 e. The zero-order valence-electron chi connectivity index (χ0n) is 18.5. The van der Waals surface area contributed by atoms with Crippen LogP contribution in [0.5, 0.6) is 0 Å². The summed E-state index contributed by atoms with van der Waals surface area (Å²) in [7, 11) is 0. The average molecular weight is 453 g/mol. The fourth-order valence-corrected chi connectivity index (χ4v) is 4.28. The first-order valence-electron chi connectivity index (χ1n) is 11.4. The lowest BCUT2D eigenvalue weighted by Gasteiger charge is -2.27. The van der Waals surface area contributed by atoms with Crippen molar-refractivity contribution in [2.45, 2.75) is 37.8 Å². The summed E-state index contributed by atoms with van der Waals surface area (Å²) in [6.45, 7) is 0. The summed E-state index contributed by atoms with van der Waals surface area (Å²) >= 11 is 0. The van der Waals surface area contributed by atoms with Gasteiger partial charge in [-0.2, -0.15) is 0 Å². The Labute approximate surface area is 195 Å². The molecular formula is C24H24N10. The zero-order valence-corrected chi connectivity index (χ0v) is 18.5. The first kappa shape index (κ1) is 20.4. The topological polar surface area (TPSA) is 132 Å². The summed E-state index contributed by atoms with van der Waals surface area (Å²) in [6, 6.07) is 12.3. The number of fused-ring (bicyclic) bond motifs is 2. The van der Waals surface area contributed by atoms with Crippen LogP contribution < -0.4 is 16.4 Å². The fraction of sp³-hybridized carbons (Fsp3) is 0.250. The maximum absolute atomic E-state index is 6.03. The summed E-state index contributed by atoms with van der Waals surface area (Å²) in [4.78, 5) is 22.4. The lowest BCUT2D eigenvalue weighted by atomic mass is 9.92. The van der Waals surface area contributed by atoms with Gasteiger partial charge >= 0.3 is 0 Å². The van der Waals surface area contributed by atoms with Gasteiger partial charge in [-0.3, -0.25) is 4.98 Å². The van der Waals surface area contributed by atoms with Gasteiger partial charge in [0, 0.05) is 30.0 Å². The third-order valence-corrected chi connectivity index (χ3v) is 6.12. The van der Waals surface area contributed by atoms with Gasteiger partial charge in [0.25, 0.3) is 0 Å². The summed E-state index contributed by atoms with van der Waals surface area (Å²) < 4.78 is 1.82. The van der Waals surface area contributed by atoms with E-state index in [4.69, 9.17) is 10.8 Å². The molecule has 0 amide bonds. The van der Waals surface area contributed by atoms with Crippen molar-refractivity contribution in [2.24, 2.45) is 5.73 Å². The molecule has 4 heterocycles. The van der Waals surface area contributed by atoms with Crippen LogP contribution in [0, 0.1) is 0 Å². The Morgan fingerprint density at radius 3 is 2.41 bits per heavy atom. The molecule has 1 fully saturated rings. The van der Waals surface area contributed by atoms with Gasteiger partial charge in [0.05, 0.1) is 29.1 Å². The van der Waals surface area contributed by atoms with E-state index in [1.807, 2.05) is 40.9 Å². The highest BCUT2D eigenvalue weighted by Crippen LogP contribution is 2.23. The molecular weight excluding hydrogens is 428 g/mol. The number of nitrogens with two attached hydrogens (primary N) is 1. The van der Waals surface area contributed by atoms with E-state index in [0.29, 0.717) is 23.8 Å². The number of hydrogen-bond donors (Lipinski definition) is 3. The molecule has 5 aromatic rings. The van der Waals surface area contributed by atoms with Gasteiger partial charge in [-0.05, 0) is 49.9 Å². The number of nitrogens with one attached hydrogen (secondary N) is 2. The maximum atomic E-state index is 6.03. The second-order valence-corrected chi connectivity index (χ2v) is 8.55. The standard InChI is InChI=1S/C24H24N10/c25-16-5-7-17(8-6-16)30-21-9-10-23-27-13-20(34(23)33-21)15-11-28-24(29-12-15)32-22-14-26-18-3-1-2-4-19(18)31-22/h1-4,9-14,16-17H,5-8,25H2,(H,30,33)(H,28,29,31,32). The van der Waals surface area contributed by atoms with Crippen LogP contribution in [0.2, 0.25) is 0 Å². The minimum Gasteiger partial charge on any atom is -0.366 e. The Morgan fingerprint density at radius 1 is 0.794 bits per heavy atom. The highest BCUT2D eigenvalue weighted by molar-refractivity contribution is 5.75. The van der Waals surface area contributed by atoms with Crippen molar-refractivity contribution in [3.63, 3.8) is 0 Å². The molecule has 0 aliphatic heterocycles. The summed E-state index contributed by atoms with van der Waals surface area (Å²) in [5.74, 6) is 1.84. The highest BCUT2D eigenvalue weighted by atomic mass is 15.3. The van der Waals surface area contributed by atoms with Crippen molar-refractivity contribution in [3.05, 3.63) is 61.2 Å². The molecule has 0 unspecified atom stereocenters. The largest absolute Gasteiger partial charge is 0.366 e. The number of hydrogen-bond acceptors (Lipinski definition) is 9. The quantitative estimate of drug-likeness (QED) is 0.366. The number of rotatable bonds is 5. The predicted octanol–water partition coefficient (Wildman–Crippen LogP) is 3.55. The summed E-state index contributed by atoms with van der Waals surface area (Å²) in [6.07, 6.45) is 11.1. The molecule has 170 valence electrons. The number of anilines is 3. The lowest BCUT2D eigenvalue weighted by Crippen LogP contribution is -2.33. The van der Waals surface area contributed by atoms with Gasteiger partial charge in [-0.25, -0.2) is 24.5 Å². The molecule has 0 bridgehead atoms. The van der Waals surface area contributed by atoms with E-state index in [9.17, 15) is 0 Å². The molecule has 0 spiro atoms. The van der Waals surface area contributed by atoms with Gasteiger partial charge in [0.1, 0.15) is 5.82 Å². The van der Waals surface area contributed by atoms with E-state index in [2.05, 4.69) is 35.6 Å². The van der Waals surface area contributed by atoms with Crippen molar-refractivity contribution in [1.82, 2.24) is 34.5 Å². The van der Waals surface area contributed by atoms with Gasteiger partial charge in [0.15, 0.2) is 11.5 Å². The molecule has 1 aromatic carbocycles. The van der Waals surface area contributed by atoms with E-state index < -0.39 is 0 Å². The Bertz CT molecular complexity index is 1440. The van der Waals surface area contributed by atoms with E-state index in [1.165, 1.54) is 0 Å². The van der Waals surface area contributed by atoms with Crippen molar-refractivity contribution in [2.75, 3.05) is 10.6 Å². The number of imidazole rings is 1. The van der Waals surface area contributed by atoms with E-state index in [1.54, 1.807) is 24.8 Å². The van der Waals surface area contributed by atoms with Crippen molar-refractivity contribution < 1.29 is 0 Å². The minimum absolute atomic E-state index is 0.319. The molecule has 4 aromatic heterocycles. The normalized spacial score (nSPS) is 18.3. The van der Waals surface area contributed by atoms with Gasteiger partial charge in [-0.15, -0.1) is 5.10 Å². The molecule has 10 nitrogen and oxygen atoms in total. The molecule has 1 saturated carbocycles. The smallest absolute Gasteiger partial charge is 0.228 e. The first-order valence-corrected chi connectivity index (χ1v) is 11.4.